The maximum atomic E-state index is 5.91. The molecule has 0 radical (unpaired) electrons. The fraction of sp³-hybridized carbons (Fsp3) is 0.125. The molecule has 112 valence electrons. The molecule has 0 unspecified atom stereocenters. The molecule has 0 atom stereocenters. The van der Waals surface area contributed by atoms with E-state index < -0.39 is 0 Å². The molecular formula is C16H14ClN3S2. The van der Waals surface area contributed by atoms with Gasteiger partial charge in [-0.1, -0.05) is 47.6 Å². The molecule has 22 heavy (non-hydrogen) atoms. The third-order valence-corrected chi connectivity index (χ3v) is 5.21. The van der Waals surface area contributed by atoms with Gasteiger partial charge in [-0.2, -0.15) is 0 Å². The van der Waals surface area contributed by atoms with Crippen molar-refractivity contribution in [1.29, 1.82) is 0 Å². The van der Waals surface area contributed by atoms with Gasteiger partial charge in [-0.05, 0) is 29.1 Å². The number of allylic oxidation sites excluding steroid dienone is 1. The maximum absolute atomic E-state index is 5.91. The van der Waals surface area contributed by atoms with E-state index in [0.29, 0.717) is 6.54 Å². The first-order valence-electron chi connectivity index (χ1n) is 6.73. The van der Waals surface area contributed by atoms with E-state index in [9.17, 15) is 0 Å². The zero-order valence-corrected chi connectivity index (χ0v) is 14.2. The number of halogens is 1. The van der Waals surface area contributed by atoms with Crippen LogP contribution in [0, 0.1) is 0 Å². The molecule has 0 saturated carbocycles. The summed E-state index contributed by atoms with van der Waals surface area (Å²) in [5, 5.41) is 12.4. The minimum atomic E-state index is 0.698. The highest BCUT2D eigenvalue weighted by atomic mass is 35.5. The summed E-state index contributed by atoms with van der Waals surface area (Å²) in [6.45, 7) is 4.53. The van der Waals surface area contributed by atoms with Gasteiger partial charge in [0.1, 0.15) is 0 Å². The van der Waals surface area contributed by atoms with Gasteiger partial charge in [0.05, 0.1) is 4.88 Å². The van der Waals surface area contributed by atoms with Crippen molar-refractivity contribution in [3.05, 3.63) is 65.0 Å². The van der Waals surface area contributed by atoms with E-state index in [2.05, 4.69) is 27.4 Å². The molecule has 3 aromatic rings. The Morgan fingerprint density at radius 2 is 2.05 bits per heavy atom. The highest BCUT2D eigenvalue weighted by Crippen LogP contribution is 2.29. The van der Waals surface area contributed by atoms with E-state index in [1.165, 1.54) is 5.56 Å². The Kier molecular flexibility index (Phi) is 4.97. The van der Waals surface area contributed by atoms with Gasteiger partial charge in [0.2, 0.25) is 0 Å². The Morgan fingerprint density at radius 1 is 1.23 bits per heavy atom. The summed E-state index contributed by atoms with van der Waals surface area (Å²) < 4.78 is 2.10. The fourth-order valence-corrected chi connectivity index (χ4v) is 3.75. The SMILES string of the molecule is C=CCn1c(SCc2ccc(Cl)cc2)nnc1-c1cccs1. The minimum absolute atomic E-state index is 0.698. The van der Waals surface area contributed by atoms with Crippen molar-refractivity contribution in [2.45, 2.75) is 17.5 Å². The number of thiophene rings is 1. The number of rotatable bonds is 6. The Balaban J connectivity index is 1.81. The maximum Gasteiger partial charge on any atom is 0.192 e. The van der Waals surface area contributed by atoms with E-state index in [1.54, 1.807) is 23.1 Å². The molecule has 0 aliphatic carbocycles. The molecule has 0 N–H and O–H groups in total. The Bertz CT molecular complexity index is 748. The van der Waals surface area contributed by atoms with Crippen molar-refractivity contribution in [2.24, 2.45) is 0 Å². The van der Waals surface area contributed by atoms with E-state index >= 15 is 0 Å². The molecule has 2 heterocycles. The molecule has 3 nitrogen and oxygen atoms in total. The Hall–Kier alpha value is -1.56. The van der Waals surface area contributed by atoms with Crippen molar-refractivity contribution in [3.63, 3.8) is 0 Å². The Morgan fingerprint density at radius 3 is 2.73 bits per heavy atom. The molecule has 3 rings (SSSR count). The van der Waals surface area contributed by atoms with Gasteiger partial charge < -0.3 is 0 Å². The molecule has 0 bridgehead atoms. The minimum Gasteiger partial charge on any atom is -0.297 e. The average molecular weight is 348 g/mol. The zero-order chi connectivity index (χ0) is 15.4. The van der Waals surface area contributed by atoms with Crippen LogP contribution in [0.4, 0.5) is 0 Å². The van der Waals surface area contributed by atoms with Crippen molar-refractivity contribution < 1.29 is 0 Å². The van der Waals surface area contributed by atoms with Crippen LogP contribution in [0.2, 0.25) is 5.02 Å². The monoisotopic (exact) mass is 347 g/mol. The summed E-state index contributed by atoms with van der Waals surface area (Å²) >= 11 is 9.24. The standard InChI is InChI=1S/C16H14ClN3S2/c1-2-9-20-15(14-4-3-10-21-14)18-19-16(20)22-11-12-5-7-13(17)8-6-12/h2-8,10H,1,9,11H2. The summed E-state index contributed by atoms with van der Waals surface area (Å²) in [7, 11) is 0. The lowest BCUT2D eigenvalue weighted by atomic mass is 10.2. The normalized spacial score (nSPS) is 10.8. The number of aromatic nitrogens is 3. The summed E-state index contributed by atoms with van der Waals surface area (Å²) in [5.41, 5.74) is 1.21. The van der Waals surface area contributed by atoms with E-state index in [4.69, 9.17) is 11.6 Å². The van der Waals surface area contributed by atoms with Gasteiger partial charge in [-0.15, -0.1) is 28.1 Å². The van der Waals surface area contributed by atoms with E-state index in [-0.39, 0.29) is 0 Å². The van der Waals surface area contributed by atoms with Crippen LogP contribution in [-0.4, -0.2) is 14.8 Å². The smallest absolute Gasteiger partial charge is 0.192 e. The van der Waals surface area contributed by atoms with Gasteiger partial charge in [0, 0.05) is 17.3 Å². The van der Waals surface area contributed by atoms with E-state index in [1.807, 2.05) is 41.8 Å². The average Bonchev–Trinajstić information content (AvgIpc) is 3.17. The predicted molar refractivity (Wildman–Crippen MR) is 94.5 cm³/mol. The van der Waals surface area contributed by atoms with Crippen molar-refractivity contribution in [1.82, 2.24) is 14.8 Å². The molecule has 0 spiro atoms. The predicted octanol–water partition coefficient (Wildman–Crippen LogP) is 5.14. The molecular weight excluding hydrogens is 334 g/mol. The Labute approximate surface area is 142 Å². The lowest BCUT2D eigenvalue weighted by Crippen LogP contribution is -1.99. The summed E-state index contributed by atoms with van der Waals surface area (Å²) in [4.78, 5) is 1.12. The van der Waals surface area contributed by atoms with E-state index in [0.717, 1.165) is 26.6 Å². The second-order valence-corrected chi connectivity index (χ2v) is 6.92. The molecule has 0 fully saturated rings. The second kappa shape index (κ2) is 7.13. The van der Waals surface area contributed by atoms with Crippen molar-refractivity contribution >= 4 is 34.7 Å². The number of hydrogen-bond acceptors (Lipinski definition) is 4. The second-order valence-electron chi connectivity index (χ2n) is 4.60. The van der Waals surface area contributed by atoms with Gasteiger partial charge in [-0.25, -0.2) is 0 Å². The number of benzene rings is 1. The molecule has 2 aromatic heterocycles. The topological polar surface area (TPSA) is 30.7 Å². The third-order valence-electron chi connectivity index (χ3n) is 3.05. The van der Waals surface area contributed by atoms with Crippen molar-refractivity contribution in [3.8, 4) is 10.7 Å². The van der Waals surface area contributed by atoms with Crippen molar-refractivity contribution in [2.75, 3.05) is 0 Å². The zero-order valence-electron chi connectivity index (χ0n) is 11.8. The van der Waals surface area contributed by atoms with Crippen LogP contribution < -0.4 is 0 Å². The van der Waals surface area contributed by atoms with Crippen LogP contribution in [0.1, 0.15) is 5.56 Å². The summed E-state index contributed by atoms with van der Waals surface area (Å²) in [5.74, 6) is 1.73. The van der Waals surface area contributed by atoms with Crippen LogP contribution >= 0.6 is 34.7 Å². The first-order valence-corrected chi connectivity index (χ1v) is 8.97. The first kappa shape index (κ1) is 15.3. The molecule has 0 aliphatic heterocycles. The molecule has 0 amide bonds. The number of nitrogens with zero attached hydrogens (tertiary/aromatic N) is 3. The number of thioether (sulfide) groups is 1. The highest BCUT2D eigenvalue weighted by molar-refractivity contribution is 7.98. The number of hydrogen-bond donors (Lipinski definition) is 0. The van der Waals surface area contributed by atoms with Crippen LogP contribution in [-0.2, 0) is 12.3 Å². The van der Waals surface area contributed by atoms with Crippen LogP contribution in [0.5, 0.6) is 0 Å². The first-order chi connectivity index (χ1) is 10.8. The molecule has 0 saturated heterocycles. The molecule has 1 aromatic carbocycles. The van der Waals surface area contributed by atoms with Gasteiger partial charge in [-0.3, -0.25) is 4.57 Å². The van der Waals surface area contributed by atoms with Crippen LogP contribution in [0.25, 0.3) is 10.7 Å². The molecule has 6 heteroatoms. The van der Waals surface area contributed by atoms with Gasteiger partial charge in [0.25, 0.3) is 0 Å². The van der Waals surface area contributed by atoms with Gasteiger partial charge in [0.15, 0.2) is 11.0 Å². The van der Waals surface area contributed by atoms with Crippen LogP contribution in [0.15, 0.2) is 59.6 Å². The van der Waals surface area contributed by atoms with Gasteiger partial charge >= 0.3 is 0 Å². The fourth-order valence-electron chi connectivity index (χ4n) is 2.01. The molecule has 0 aliphatic rings. The quantitative estimate of drug-likeness (QED) is 0.457. The lowest BCUT2D eigenvalue weighted by molar-refractivity contribution is 0.732. The summed E-state index contributed by atoms with van der Waals surface area (Å²) in [6.07, 6.45) is 1.87. The third kappa shape index (κ3) is 3.43. The largest absolute Gasteiger partial charge is 0.297 e. The van der Waals surface area contributed by atoms with Crippen LogP contribution in [0.3, 0.4) is 0 Å². The lowest BCUT2D eigenvalue weighted by Gasteiger charge is -2.06. The summed E-state index contributed by atoms with van der Waals surface area (Å²) in [6, 6.07) is 12.0. The highest BCUT2D eigenvalue weighted by Gasteiger charge is 2.14.